The number of hydrogen-bond donors (Lipinski definition) is 2. The second-order valence-corrected chi connectivity index (χ2v) is 7.34. The topological polar surface area (TPSA) is 83.6 Å². The highest BCUT2D eigenvalue weighted by Gasteiger charge is 2.42. The second-order valence-electron chi connectivity index (χ2n) is 7.34. The van der Waals surface area contributed by atoms with Crippen LogP contribution in [0.2, 0.25) is 0 Å². The fourth-order valence-electron chi connectivity index (χ4n) is 3.88. The van der Waals surface area contributed by atoms with Crippen LogP contribution in [0.4, 0.5) is 15.9 Å². The van der Waals surface area contributed by atoms with E-state index >= 15 is 0 Å². The number of hydrogen-bond acceptors (Lipinski definition) is 5. The zero-order chi connectivity index (χ0) is 20.3. The van der Waals surface area contributed by atoms with Gasteiger partial charge in [-0.05, 0) is 42.7 Å². The van der Waals surface area contributed by atoms with Crippen LogP contribution in [0.1, 0.15) is 18.4 Å². The predicted molar refractivity (Wildman–Crippen MR) is 106 cm³/mol. The van der Waals surface area contributed by atoms with Crippen molar-refractivity contribution >= 4 is 23.3 Å². The lowest BCUT2D eigenvalue weighted by Gasteiger charge is -2.36. The number of nitrogens with zero attached hydrogens (tertiary/aromatic N) is 2. The standard InChI is InChI=1S/C21H23FN4O3/c22-16-3-1-2-15(12-16)21(6-10-29-11-7-21)20(28)25-17-4-5-18(24-13-17)26-9-8-23-19(27)14-26/h1-5,12-13H,6-11,14H2,(H,23,27)(H,25,28). The van der Waals surface area contributed by atoms with E-state index in [1.807, 2.05) is 4.90 Å². The Morgan fingerprint density at radius 1 is 1.24 bits per heavy atom. The Morgan fingerprint density at radius 2 is 2.07 bits per heavy atom. The van der Waals surface area contributed by atoms with E-state index in [9.17, 15) is 14.0 Å². The van der Waals surface area contributed by atoms with Crippen LogP contribution in [0.25, 0.3) is 0 Å². The third-order valence-corrected chi connectivity index (χ3v) is 5.53. The van der Waals surface area contributed by atoms with Crippen LogP contribution in [0, 0.1) is 5.82 Å². The smallest absolute Gasteiger partial charge is 0.239 e. The summed E-state index contributed by atoms with van der Waals surface area (Å²) >= 11 is 0. The number of anilines is 2. The Morgan fingerprint density at radius 3 is 2.76 bits per heavy atom. The molecule has 0 bridgehead atoms. The van der Waals surface area contributed by atoms with E-state index in [0.717, 1.165) is 0 Å². The molecule has 0 atom stereocenters. The third kappa shape index (κ3) is 4.07. The van der Waals surface area contributed by atoms with Crippen LogP contribution in [0.5, 0.6) is 0 Å². The fraction of sp³-hybridized carbons (Fsp3) is 0.381. The first-order valence-electron chi connectivity index (χ1n) is 9.70. The number of pyridine rings is 1. The number of piperazine rings is 1. The van der Waals surface area contributed by atoms with E-state index < -0.39 is 5.41 Å². The number of carbonyl (C=O) groups excluding carboxylic acids is 2. The maximum absolute atomic E-state index is 13.8. The van der Waals surface area contributed by atoms with Gasteiger partial charge >= 0.3 is 0 Å². The van der Waals surface area contributed by atoms with Gasteiger partial charge in [-0.15, -0.1) is 0 Å². The van der Waals surface area contributed by atoms with Gasteiger partial charge < -0.3 is 20.3 Å². The van der Waals surface area contributed by atoms with Crippen molar-refractivity contribution in [2.24, 2.45) is 0 Å². The maximum atomic E-state index is 13.8. The molecule has 3 heterocycles. The predicted octanol–water partition coefficient (Wildman–Crippen LogP) is 1.84. The number of carbonyl (C=O) groups is 2. The number of aromatic nitrogens is 1. The summed E-state index contributed by atoms with van der Waals surface area (Å²) in [5.74, 6) is 0.0896. The molecule has 0 unspecified atom stereocenters. The monoisotopic (exact) mass is 398 g/mol. The van der Waals surface area contributed by atoms with Crippen molar-refractivity contribution in [2.75, 3.05) is 43.1 Å². The number of nitrogens with one attached hydrogen (secondary N) is 2. The molecule has 8 heteroatoms. The van der Waals surface area contributed by atoms with Gasteiger partial charge in [0.15, 0.2) is 0 Å². The molecule has 1 aromatic carbocycles. The lowest BCUT2D eigenvalue weighted by Crippen LogP contribution is -2.48. The van der Waals surface area contributed by atoms with E-state index in [1.165, 1.54) is 12.1 Å². The summed E-state index contributed by atoms with van der Waals surface area (Å²) in [6.07, 6.45) is 2.55. The number of benzene rings is 1. The van der Waals surface area contributed by atoms with Crippen LogP contribution in [-0.4, -0.2) is 49.6 Å². The molecule has 0 aliphatic carbocycles. The van der Waals surface area contributed by atoms with Crippen molar-refractivity contribution in [1.29, 1.82) is 0 Å². The van der Waals surface area contributed by atoms with Crippen LogP contribution in [-0.2, 0) is 19.7 Å². The highest BCUT2D eigenvalue weighted by molar-refractivity contribution is 5.99. The Bertz CT molecular complexity index is 897. The first kappa shape index (κ1) is 19.3. The van der Waals surface area contributed by atoms with Crippen molar-refractivity contribution in [3.8, 4) is 0 Å². The van der Waals surface area contributed by atoms with Crippen molar-refractivity contribution in [2.45, 2.75) is 18.3 Å². The summed E-state index contributed by atoms with van der Waals surface area (Å²) in [6, 6.07) is 9.76. The Labute approximate surface area is 168 Å². The van der Waals surface area contributed by atoms with Gasteiger partial charge in [-0.1, -0.05) is 12.1 Å². The molecule has 4 rings (SSSR count). The minimum absolute atomic E-state index is 0.0352. The number of ether oxygens (including phenoxy) is 1. The van der Waals surface area contributed by atoms with E-state index in [-0.39, 0.29) is 24.2 Å². The first-order chi connectivity index (χ1) is 14.1. The summed E-state index contributed by atoms with van der Waals surface area (Å²) in [4.78, 5) is 31.1. The molecule has 0 saturated carbocycles. The molecule has 1 aromatic heterocycles. The van der Waals surface area contributed by atoms with Gasteiger partial charge in [0.05, 0.1) is 23.8 Å². The number of halogens is 1. The van der Waals surface area contributed by atoms with Gasteiger partial charge in [0.2, 0.25) is 11.8 Å². The minimum atomic E-state index is -0.843. The molecule has 152 valence electrons. The van der Waals surface area contributed by atoms with Crippen molar-refractivity contribution in [3.63, 3.8) is 0 Å². The normalized spacial score (nSPS) is 18.8. The van der Waals surface area contributed by atoms with Crippen LogP contribution in [0.15, 0.2) is 42.6 Å². The third-order valence-electron chi connectivity index (χ3n) is 5.53. The molecule has 7 nitrogen and oxygen atoms in total. The molecular formula is C21H23FN4O3. The van der Waals surface area contributed by atoms with E-state index in [4.69, 9.17) is 4.74 Å². The first-order valence-corrected chi connectivity index (χ1v) is 9.70. The molecule has 2 N–H and O–H groups in total. The minimum Gasteiger partial charge on any atom is -0.381 e. The molecule has 2 aliphatic heterocycles. The van der Waals surface area contributed by atoms with Crippen LogP contribution < -0.4 is 15.5 Å². The Balaban J connectivity index is 1.52. The van der Waals surface area contributed by atoms with Gasteiger partial charge in [-0.3, -0.25) is 9.59 Å². The van der Waals surface area contributed by atoms with Crippen LogP contribution >= 0.6 is 0 Å². The summed E-state index contributed by atoms with van der Waals surface area (Å²) < 4.78 is 19.3. The Kier molecular flexibility index (Phi) is 5.44. The highest BCUT2D eigenvalue weighted by Crippen LogP contribution is 2.36. The number of rotatable bonds is 4. The van der Waals surface area contributed by atoms with Gasteiger partial charge in [0.25, 0.3) is 0 Å². The van der Waals surface area contributed by atoms with Gasteiger partial charge in [-0.25, -0.2) is 9.37 Å². The largest absolute Gasteiger partial charge is 0.381 e. The van der Waals surface area contributed by atoms with Crippen molar-refractivity contribution in [3.05, 3.63) is 54.0 Å². The molecule has 2 aromatic rings. The van der Waals surface area contributed by atoms with Gasteiger partial charge in [0, 0.05) is 26.3 Å². The zero-order valence-electron chi connectivity index (χ0n) is 16.0. The molecule has 2 fully saturated rings. The molecule has 2 aliphatic rings. The maximum Gasteiger partial charge on any atom is 0.239 e. The quantitative estimate of drug-likeness (QED) is 0.821. The molecule has 2 amide bonds. The average molecular weight is 398 g/mol. The summed E-state index contributed by atoms with van der Waals surface area (Å²) in [5.41, 5.74) is 0.369. The van der Waals surface area contributed by atoms with E-state index in [2.05, 4.69) is 15.6 Å². The fourth-order valence-corrected chi connectivity index (χ4v) is 3.88. The molecule has 29 heavy (non-hydrogen) atoms. The molecule has 0 radical (unpaired) electrons. The lowest BCUT2D eigenvalue weighted by atomic mass is 9.73. The zero-order valence-corrected chi connectivity index (χ0v) is 16.0. The molecule has 0 spiro atoms. The SMILES string of the molecule is O=C1CN(c2ccc(NC(=O)C3(c4cccc(F)c4)CCOCC3)cn2)CCN1. The van der Waals surface area contributed by atoms with Crippen LogP contribution in [0.3, 0.4) is 0 Å². The lowest BCUT2D eigenvalue weighted by molar-refractivity contribution is -0.125. The summed E-state index contributed by atoms with van der Waals surface area (Å²) in [7, 11) is 0. The average Bonchev–Trinajstić information content (AvgIpc) is 2.75. The van der Waals surface area contributed by atoms with E-state index in [0.29, 0.717) is 56.2 Å². The summed E-state index contributed by atoms with van der Waals surface area (Å²) in [5, 5.41) is 5.71. The van der Waals surface area contributed by atoms with Crippen molar-refractivity contribution < 1.29 is 18.7 Å². The van der Waals surface area contributed by atoms with E-state index in [1.54, 1.807) is 30.5 Å². The molecule has 2 saturated heterocycles. The molecular weight excluding hydrogens is 375 g/mol. The Hall–Kier alpha value is -3.00. The second kappa shape index (κ2) is 8.16. The van der Waals surface area contributed by atoms with Crippen molar-refractivity contribution in [1.82, 2.24) is 10.3 Å². The van der Waals surface area contributed by atoms with Gasteiger partial charge in [0.1, 0.15) is 11.6 Å². The van der Waals surface area contributed by atoms with Gasteiger partial charge in [-0.2, -0.15) is 0 Å². The number of amides is 2. The summed E-state index contributed by atoms with van der Waals surface area (Å²) in [6.45, 7) is 2.42. The highest BCUT2D eigenvalue weighted by atomic mass is 19.1.